The van der Waals surface area contributed by atoms with E-state index >= 15 is 0 Å². The van der Waals surface area contributed by atoms with Crippen LogP contribution in [0.2, 0.25) is 0 Å². The first kappa shape index (κ1) is 22.1. The van der Waals surface area contributed by atoms with Crippen molar-refractivity contribution in [2.75, 3.05) is 6.54 Å². The molecule has 1 N–H and O–H groups in total. The van der Waals surface area contributed by atoms with E-state index in [4.69, 9.17) is 4.98 Å². The highest BCUT2D eigenvalue weighted by molar-refractivity contribution is 5.76. The standard InChI is InChI=1S/C26H35N3O/c1-4-20(3)22-16-14-21(15-17-22)19-29-24-12-9-8-11-23(24)28-25(29)13-7-6-10-18-27-26(30)5-2/h8-9,11-12,14-17,20H,4-7,10,13,18-19H2,1-3H3,(H,27,30). The van der Waals surface area contributed by atoms with Crippen LogP contribution in [-0.4, -0.2) is 22.0 Å². The number of carbonyl (C=O) groups excluding carboxylic acids is 1. The van der Waals surface area contributed by atoms with Crippen molar-refractivity contribution in [1.82, 2.24) is 14.9 Å². The molecule has 2 aromatic carbocycles. The molecule has 1 amide bonds. The first-order valence-corrected chi connectivity index (χ1v) is 11.4. The van der Waals surface area contributed by atoms with Gasteiger partial charge in [-0.15, -0.1) is 0 Å². The lowest BCUT2D eigenvalue weighted by molar-refractivity contribution is -0.120. The Bertz CT molecular complexity index is 943. The summed E-state index contributed by atoms with van der Waals surface area (Å²) < 4.78 is 2.37. The number of nitrogens with zero attached hydrogens (tertiary/aromatic N) is 2. The molecule has 0 aliphatic rings. The van der Waals surface area contributed by atoms with Crippen LogP contribution in [0, 0.1) is 0 Å². The van der Waals surface area contributed by atoms with Crippen LogP contribution in [0.4, 0.5) is 0 Å². The Balaban J connectivity index is 1.67. The molecule has 0 aliphatic heterocycles. The summed E-state index contributed by atoms with van der Waals surface area (Å²) in [6.07, 6.45) is 5.87. The lowest BCUT2D eigenvalue weighted by Crippen LogP contribution is -2.23. The smallest absolute Gasteiger partial charge is 0.219 e. The summed E-state index contributed by atoms with van der Waals surface area (Å²) in [4.78, 5) is 16.3. The van der Waals surface area contributed by atoms with E-state index in [0.29, 0.717) is 12.3 Å². The first-order chi connectivity index (χ1) is 14.6. The first-order valence-electron chi connectivity index (χ1n) is 11.4. The van der Waals surface area contributed by atoms with Crippen molar-refractivity contribution in [3.63, 3.8) is 0 Å². The molecule has 30 heavy (non-hydrogen) atoms. The van der Waals surface area contributed by atoms with Crippen molar-refractivity contribution in [3.8, 4) is 0 Å². The van der Waals surface area contributed by atoms with E-state index in [2.05, 4.69) is 72.3 Å². The minimum Gasteiger partial charge on any atom is -0.356 e. The zero-order valence-corrected chi connectivity index (χ0v) is 18.7. The number of unbranched alkanes of at least 4 members (excludes halogenated alkanes) is 2. The van der Waals surface area contributed by atoms with E-state index in [0.717, 1.165) is 56.5 Å². The number of rotatable bonds is 11. The van der Waals surface area contributed by atoms with Gasteiger partial charge in [-0.1, -0.05) is 63.6 Å². The SMILES string of the molecule is CCC(=O)NCCCCCc1nc2ccccc2n1Cc1ccc(C(C)CC)cc1. The molecule has 1 heterocycles. The molecular formula is C26H35N3O. The molecule has 0 fully saturated rings. The molecule has 0 spiro atoms. The molecule has 4 nitrogen and oxygen atoms in total. The lowest BCUT2D eigenvalue weighted by Gasteiger charge is -2.12. The molecule has 3 rings (SSSR count). The van der Waals surface area contributed by atoms with Crippen LogP contribution in [0.15, 0.2) is 48.5 Å². The Hall–Kier alpha value is -2.62. The van der Waals surface area contributed by atoms with Crippen LogP contribution in [-0.2, 0) is 17.8 Å². The van der Waals surface area contributed by atoms with Crippen molar-refractivity contribution < 1.29 is 4.79 Å². The van der Waals surface area contributed by atoms with Crippen LogP contribution in [0.25, 0.3) is 11.0 Å². The second-order valence-electron chi connectivity index (χ2n) is 8.17. The molecule has 0 saturated heterocycles. The number of hydrogen-bond donors (Lipinski definition) is 1. The largest absolute Gasteiger partial charge is 0.356 e. The highest BCUT2D eigenvalue weighted by Crippen LogP contribution is 2.22. The molecule has 4 heteroatoms. The minimum atomic E-state index is 0.135. The molecule has 160 valence electrons. The van der Waals surface area contributed by atoms with Gasteiger partial charge in [-0.25, -0.2) is 4.98 Å². The van der Waals surface area contributed by atoms with E-state index in [1.807, 2.05) is 6.92 Å². The zero-order valence-electron chi connectivity index (χ0n) is 18.7. The van der Waals surface area contributed by atoms with E-state index in [1.165, 1.54) is 16.6 Å². The van der Waals surface area contributed by atoms with Gasteiger partial charge in [-0.05, 0) is 48.4 Å². The van der Waals surface area contributed by atoms with Gasteiger partial charge in [-0.3, -0.25) is 4.79 Å². The third-order valence-electron chi connectivity index (χ3n) is 5.96. The summed E-state index contributed by atoms with van der Waals surface area (Å²) >= 11 is 0. The zero-order chi connectivity index (χ0) is 21.3. The van der Waals surface area contributed by atoms with E-state index in [1.54, 1.807) is 0 Å². The van der Waals surface area contributed by atoms with Gasteiger partial charge in [0.1, 0.15) is 5.82 Å². The number of amides is 1. The van der Waals surface area contributed by atoms with Crippen molar-refractivity contribution in [3.05, 3.63) is 65.5 Å². The second kappa shape index (κ2) is 11.0. The number of aromatic nitrogens is 2. The van der Waals surface area contributed by atoms with Gasteiger partial charge in [0.15, 0.2) is 0 Å². The fourth-order valence-corrected chi connectivity index (χ4v) is 3.80. The summed E-state index contributed by atoms with van der Waals surface area (Å²) in [5, 5.41) is 2.95. The van der Waals surface area contributed by atoms with Gasteiger partial charge in [-0.2, -0.15) is 0 Å². The van der Waals surface area contributed by atoms with Gasteiger partial charge in [0.2, 0.25) is 5.91 Å². The highest BCUT2D eigenvalue weighted by atomic mass is 16.1. The van der Waals surface area contributed by atoms with Crippen molar-refractivity contribution >= 4 is 16.9 Å². The van der Waals surface area contributed by atoms with E-state index in [9.17, 15) is 4.79 Å². The van der Waals surface area contributed by atoms with Crippen molar-refractivity contribution in [2.45, 2.75) is 71.8 Å². The van der Waals surface area contributed by atoms with Gasteiger partial charge in [0.05, 0.1) is 11.0 Å². The second-order valence-corrected chi connectivity index (χ2v) is 8.17. The molecule has 0 saturated carbocycles. The van der Waals surface area contributed by atoms with Gasteiger partial charge in [0, 0.05) is 25.9 Å². The average molecular weight is 406 g/mol. The van der Waals surface area contributed by atoms with Crippen LogP contribution in [0.5, 0.6) is 0 Å². The molecule has 0 aliphatic carbocycles. The summed E-state index contributed by atoms with van der Waals surface area (Å²) in [6.45, 7) is 8.02. The Labute approximate surface area is 180 Å². The molecule has 1 atom stereocenters. The summed E-state index contributed by atoms with van der Waals surface area (Å²) in [5.41, 5.74) is 4.99. The minimum absolute atomic E-state index is 0.135. The number of aryl methyl sites for hydroxylation is 1. The summed E-state index contributed by atoms with van der Waals surface area (Å²) in [5.74, 6) is 1.89. The number of carbonyl (C=O) groups is 1. The number of nitrogens with one attached hydrogen (secondary N) is 1. The third-order valence-corrected chi connectivity index (χ3v) is 5.96. The molecule has 1 unspecified atom stereocenters. The maximum atomic E-state index is 11.3. The topological polar surface area (TPSA) is 46.9 Å². The van der Waals surface area contributed by atoms with Gasteiger partial charge >= 0.3 is 0 Å². The molecule has 0 bridgehead atoms. The predicted octanol–water partition coefficient (Wildman–Crippen LogP) is 5.84. The Kier molecular flexibility index (Phi) is 8.06. The average Bonchev–Trinajstić information content (AvgIpc) is 3.13. The lowest BCUT2D eigenvalue weighted by atomic mass is 9.97. The van der Waals surface area contributed by atoms with E-state index < -0.39 is 0 Å². The van der Waals surface area contributed by atoms with Crippen molar-refractivity contribution in [1.29, 1.82) is 0 Å². The Morgan fingerprint density at radius 1 is 1.03 bits per heavy atom. The van der Waals surface area contributed by atoms with Crippen LogP contribution in [0.1, 0.15) is 75.7 Å². The van der Waals surface area contributed by atoms with Crippen LogP contribution in [0.3, 0.4) is 0 Å². The maximum Gasteiger partial charge on any atom is 0.219 e. The third kappa shape index (κ3) is 5.71. The Morgan fingerprint density at radius 3 is 2.53 bits per heavy atom. The fraction of sp³-hybridized carbons (Fsp3) is 0.462. The molecule has 1 aromatic heterocycles. The predicted molar refractivity (Wildman–Crippen MR) is 125 cm³/mol. The monoisotopic (exact) mass is 405 g/mol. The highest BCUT2D eigenvalue weighted by Gasteiger charge is 2.11. The summed E-state index contributed by atoms with van der Waals surface area (Å²) in [7, 11) is 0. The molecule has 3 aromatic rings. The normalized spacial score (nSPS) is 12.2. The van der Waals surface area contributed by atoms with Crippen molar-refractivity contribution in [2.24, 2.45) is 0 Å². The quantitative estimate of drug-likeness (QED) is 0.408. The molecular weight excluding hydrogens is 370 g/mol. The van der Waals surface area contributed by atoms with Crippen LogP contribution >= 0.6 is 0 Å². The number of para-hydroxylation sites is 2. The maximum absolute atomic E-state index is 11.3. The number of imidazole rings is 1. The van der Waals surface area contributed by atoms with Gasteiger partial charge < -0.3 is 9.88 Å². The number of hydrogen-bond acceptors (Lipinski definition) is 2. The number of benzene rings is 2. The summed E-state index contributed by atoms with van der Waals surface area (Å²) in [6, 6.07) is 17.5. The van der Waals surface area contributed by atoms with Crippen LogP contribution < -0.4 is 5.32 Å². The fourth-order valence-electron chi connectivity index (χ4n) is 3.80. The Morgan fingerprint density at radius 2 is 1.80 bits per heavy atom. The van der Waals surface area contributed by atoms with E-state index in [-0.39, 0.29) is 5.91 Å². The van der Waals surface area contributed by atoms with Gasteiger partial charge in [0.25, 0.3) is 0 Å². The number of fused-ring (bicyclic) bond motifs is 1. The molecule has 0 radical (unpaired) electrons.